The minimum Gasteiger partial charge on any atom is -0.496 e. The number of ether oxygens (including phenoxy) is 1. The Labute approximate surface area is 257 Å². The molecule has 0 unspecified atom stereocenters. The van der Waals surface area contributed by atoms with Crippen molar-refractivity contribution >= 4 is 51.7 Å². The van der Waals surface area contributed by atoms with E-state index in [0.717, 1.165) is 11.1 Å². The van der Waals surface area contributed by atoms with Gasteiger partial charge in [0.2, 0.25) is 5.91 Å². The van der Waals surface area contributed by atoms with Gasteiger partial charge in [0.25, 0.3) is 5.91 Å². The highest BCUT2D eigenvalue weighted by Crippen LogP contribution is 2.64. The molecular formula is C32H30Cl2FN5O3. The maximum Gasteiger partial charge on any atom is 0.252 e. The van der Waals surface area contributed by atoms with Gasteiger partial charge < -0.3 is 20.4 Å². The fourth-order valence-electron chi connectivity index (χ4n) is 7.79. The van der Waals surface area contributed by atoms with Crippen molar-refractivity contribution in [3.05, 3.63) is 86.9 Å². The van der Waals surface area contributed by atoms with Crippen molar-refractivity contribution in [3.8, 4) is 5.75 Å². The number of likely N-dealkylation sites (tertiary alicyclic amines) is 1. The van der Waals surface area contributed by atoms with Crippen molar-refractivity contribution in [2.45, 2.75) is 50.2 Å². The number of carbonyl (C=O) groups excluding carboxylic acids is 2. The number of aryl methyl sites for hydroxylation is 1. The molecule has 11 heteroatoms. The number of primary amides is 1. The Morgan fingerprint density at radius 2 is 2.02 bits per heavy atom. The molecule has 1 aromatic heterocycles. The second-order valence-corrected chi connectivity index (χ2v) is 12.8. The third-order valence-corrected chi connectivity index (χ3v) is 9.78. The number of fused-ring (bicyclic) bond motifs is 7. The molecule has 1 saturated heterocycles. The summed E-state index contributed by atoms with van der Waals surface area (Å²) in [5.74, 6) is -1.24. The third-order valence-electron chi connectivity index (χ3n) is 9.25. The summed E-state index contributed by atoms with van der Waals surface area (Å²) in [5, 5.41) is 3.57. The molecule has 8 nitrogen and oxygen atoms in total. The van der Waals surface area contributed by atoms with Crippen LogP contribution in [-0.4, -0.2) is 46.0 Å². The van der Waals surface area contributed by atoms with Crippen LogP contribution >= 0.6 is 23.2 Å². The molecule has 4 atom stereocenters. The van der Waals surface area contributed by atoms with E-state index in [9.17, 15) is 9.59 Å². The lowest BCUT2D eigenvalue weighted by Crippen LogP contribution is -2.53. The average Bonchev–Trinajstić information content (AvgIpc) is 3.57. The van der Waals surface area contributed by atoms with Gasteiger partial charge in [-0.2, -0.15) is 0 Å². The van der Waals surface area contributed by atoms with Gasteiger partial charge in [-0.1, -0.05) is 55.2 Å². The molecule has 3 N–H and O–H groups in total. The van der Waals surface area contributed by atoms with Crippen molar-refractivity contribution in [3.63, 3.8) is 0 Å². The third kappa shape index (κ3) is 3.87. The first kappa shape index (κ1) is 28.1. The first-order valence-electron chi connectivity index (χ1n) is 14.3. The number of anilines is 1. The van der Waals surface area contributed by atoms with Crippen LogP contribution in [0.1, 0.15) is 59.4 Å². The number of hydrogen-bond donors (Lipinski definition) is 2. The van der Waals surface area contributed by atoms with Gasteiger partial charge in [-0.05, 0) is 42.2 Å². The lowest BCUT2D eigenvalue weighted by molar-refractivity contribution is -0.128. The second-order valence-electron chi connectivity index (χ2n) is 12.0. The minimum absolute atomic E-state index is 0.0126. The Bertz CT molecular complexity index is 1840. The number of aromatic nitrogens is 2. The van der Waals surface area contributed by atoms with Crippen LogP contribution in [0.5, 0.6) is 5.75 Å². The highest BCUT2D eigenvalue weighted by molar-refractivity contribution is 6.31. The minimum atomic E-state index is -1.26. The quantitative estimate of drug-likeness (QED) is 0.282. The van der Waals surface area contributed by atoms with E-state index in [2.05, 4.69) is 28.6 Å². The van der Waals surface area contributed by atoms with Gasteiger partial charge in [-0.15, -0.1) is 0 Å². The largest absolute Gasteiger partial charge is 0.496 e. The molecule has 0 radical (unpaired) electrons. The topological polar surface area (TPSA) is 102 Å². The summed E-state index contributed by atoms with van der Waals surface area (Å²) >= 11 is 12.8. The number of benzene rings is 3. The van der Waals surface area contributed by atoms with E-state index in [1.165, 1.54) is 13.2 Å². The number of halogens is 3. The summed E-state index contributed by atoms with van der Waals surface area (Å²) in [6.07, 6.45) is 0.687. The predicted molar refractivity (Wildman–Crippen MR) is 163 cm³/mol. The van der Waals surface area contributed by atoms with E-state index in [0.29, 0.717) is 52.9 Å². The predicted octanol–water partition coefficient (Wildman–Crippen LogP) is 6.05. The maximum absolute atomic E-state index is 16.2. The SMILES string of the molecule is COc1cc2c(cc1C(N)=O)nc1n2CC[C@H]2[C@@H]1[C@H](c1cccc(Cl)c1F)[C@]1(C(=O)Nc3cc(Cl)ccc31)N2CC(C)C. The van der Waals surface area contributed by atoms with Gasteiger partial charge in [0.1, 0.15) is 22.9 Å². The number of methoxy groups -OCH3 is 1. The molecule has 3 aromatic carbocycles. The van der Waals surface area contributed by atoms with Crippen LogP contribution in [0, 0.1) is 11.7 Å². The van der Waals surface area contributed by atoms with E-state index in [4.69, 9.17) is 38.7 Å². The molecule has 4 aromatic rings. The van der Waals surface area contributed by atoms with Gasteiger partial charge in [-0.25, -0.2) is 9.37 Å². The number of nitrogens with two attached hydrogens (primary N) is 1. The molecule has 3 aliphatic heterocycles. The van der Waals surface area contributed by atoms with Crippen LogP contribution in [0.25, 0.3) is 11.0 Å². The molecule has 4 heterocycles. The second kappa shape index (κ2) is 9.94. The summed E-state index contributed by atoms with van der Waals surface area (Å²) in [6.45, 7) is 5.43. The van der Waals surface area contributed by atoms with Crippen molar-refractivity contribution in [2.24, 2.45) is 11.7 Å². The Morgan fingerprint density at radius 1 is 1.23 bits per heavy atom. The number of hydrogen-bond acceptors (Lipinski definition) is 5. The van der Waals surface area contributed by atoms with Gasteiger partial charge in [0, 0.05) is 53.3 Å². The van der Waals surface area contributed by atoms with Crippen LogP contribution < -0.4 is 15.8 Å². The first-order valence-corrected chi connectivity index (χ1v) is 15.0. The van der Waals surface area contributed by atoms with E-state index < -0.39 is 29.1 Å². The van der Waals surface area contributed by atoms with E-state index in [-0.39, 0.29) is 28.5 Å². The molecule has 2 amide bonds. The zero-order valence-corrected chi connectivity index (χ0v) is 25.3. The van der Waals surface area contributed by atoms with Crippen LogP contribution in [0.15, 0.2) is 48.5 Å². The fraction of sp³-hybridized carbons (Fsp3) is 0.344. The standard InChI is InChI=1S/C32H30Cl2FN5O3/c1-15(2)14-40-23-9-10-39-24-13-25(43-3)18(29(36)41)12-22(24)37-30(39)26(23)27(17-5-4-6-20(34)28(17)35)32(40)19-8-7-16(33)11-21(19)38-31(32)42/h4-8,11-13,15,23,26-27H,9-10,14H2,1-3H3,(H2,36,41)(H,38,42)/t23-,26+,27-,32+/m0/s1. The number of amides is 2. The normalized spacial score (nSPS) is 24.3. The number of nitrogens with zero attached hydrogens (tertiary/aromatic N) is 3. The van der Waals surface area contributed by atoms with Crippen molar-refractivity contribution in [1.29, 1.82) is 0 Å². The van der Waals surface area contributed by atoms with Crippen molar-refractivity contribution in [1.82, 2.24) is 14.5 Å². The first-order chi connectivity index (χ1) is 20.6. The van der Waals surface area contributed by atoms with E-state index in [1.807, 2.05) is 6.07 Å². The molecule has 1 fully saturated rings. The van der Waals surface area contributed by atoms with Crippen molar-refractivity contribution < 1.29 is 18.7 Å². The van der Waals surface area contributed by atoms with E-state index in [1.54, 1.807) is 36.4 Å². The smallest absolute Gasteiger partial charge is 0.252 e. The molecule has 3 aliphatic rings. The lowest BCUT2D eigenvalue weighted by atomic mass is 9.70. The maximum atomic E-state index is 16.2. The summed E-state index contributed by atoms with van der Waals surface area (Å²) < 4.78 is 23.8. The van der Waals surface area contributed by atoms with Crippen molar-refractivity contribution in [2.75, 3.05) is 19.0 Å². The van der Waals surface area contributed by atoms with Crippen LogP contribution in [0.2, 0.25) is 10.0 Å². The van der Waals surface area contributed by atoms with Crippen LogP contribution in [0.4, 0.5) is 10.1 Å². The highest BCUT2D eigenvalue weighted by Gasteiger charge is 2.68. The monoisotopic (exact) mass is 621 g/mol. The molecule has 0 saturated carbocycles. The molecular weight excluding hydrogens is 592 g/mol. The summed E-state index contributed by atoms with van der Waals surface area (Å²) in [7, 11) is 1.49. The molecule has 0 bridgehead atoms. The Morgan fingerprint density at radius 3 is 2.74 bits per heavy atom. The fourth-order valence-corrected chi connectivity index (χ4v) is 8.15. The molecule has 222 valence electrons. The van der Waals surface area contributed by atoms with Gasteiger partial charge in [-0.3, -0.25) is 14.5 Å². The van der Waals surface area contributed by atoms with Gasteiger partial charge in [0.05, 0.1) is 28.7 Å². The summed E-state index contributed by atoms with van der Waals surface area (Å²) in [4.78, 5) is 34.1. The van der Waals surface area contributed by atoms with E-state index >= 15 is 4.39 Å². The molecule has 0 aliphatic carbocycles. The van der Waals surface area contributed by atoms with Gasteiger partial charge >= 0.3 is 0 Å². The van der Waals surface area contributed by atoms with Gasteiger partial charge in [0.15, 0.2) is 0 Å². The number of carbonyl (C=O) groups is 2. The lowest BCUT2D eigenvalue weighted by Gasteiger charge is -2.40. The molecule has 7 rings (SSSR count). The van der Waals surface area contributed by atoms with Crippen LogP contribution in [-0.2, 0) is 16.9 Å². The Balaban J connectivity index is 1.56. The van der Waals surface area contributed by atoms with Crippen LogP contribution in [0.3, 0.4) is 0 Å². The summed E-state index contributed by atoms with van der Waals surface area (Å²) in [6, 6.07) is 13.6. The number of rotatable bonds is 5. The Kier molecular flexibility index (Phi) is 6.50. The zero-order chi connectivity index (χ0) is 30.4. The zero-order valence-electron chi connectivity index (χ0n) is 23.8. The number of imidazole rings is 1. The highest BCUT2D eigenvalue weighted by atomic mass is 35.5. The number of nitrogens with one attached hydrogen (secondary N) is 1. The molecule has 1 spiro atoms. The Hall–Kier alpha value is -3.66. The molecule has 43 heavy (non-hydrogen) atoms. The average molecular weight is 623 g/mol. The summed E-state index contributed by atoms with van der Waals surface area (Å²) in [5.41, 5.74) is 7.71.